The summed E-state index contributed by atoms with van der Waals surface area (Å²) in [5, 5.41) is 4.95. The number of benzene rings is 1. The number of furan rings is 1. The van der Waals surface area contributed by atoms with Gasteiger partial charge in [-0.05, 0) is 43.7 Å². The highest BCUT2D eigenvalue weighted by atomic mass is 16.3. The van der Waals surface area contributed by atoms with Crippen LogP contribution in [-0.4, -0.2) is 7.05 Å². The molecule has 2 aliphatic carbocycles. The summed E-state index contributed by atoms with van der Waals surface area (Å²) >= 11 is 0. The van der Waals surface area contributed by atoms with Crippen molar-refractivity contribution >= 4 is 11.0 Å². The summed E-state index contributed by atoms with van der Waals surface area (Å²) < 4.78 is 6.12. The van der Waals surface area contributed by atoms with Crippen LogP contribution in [0.1, 0.15) is 50.0 Å². The lowest BCUT2D eigenvalue weighted by Gasteiger charge is -2.17. The van der Waals surface area contributed by atoms with E-state index < -0.39 is 0 Å². The Labute approximate surface area is 126 Å². The maximum atomic E-state index is 6.12. The van der Waals surface area contributed by atoms with Gasteiger partial charge in [-0.25, -0.2) is 0 Å². The number of hydrogen-bond acceptors (Lipinski definition) is 2. The van der Waals surface area contributed by atoms with Gasteiger partial charge in [0, 0.05) is 23.4 Å². The number of hydrogen-bond donors (Lipinski definition) is 1. The maximum absolute atomic E-state index is 6.12. The predicted molar refractivity (Wildman–Crippen MR) is 86.3 cm³/mol. The molecule has 2 aromatic rings. The molecule has 3 unspecified atom stereocenters. The SMILES string of the molecule is CCc1oc2ccccc2c1C(NC)C1C2CCCCC21. The second-order valence-corrected chi connectivity index (χ2v) is 6.74. The zero-order chi connectivity index (χ0) is 14.4. The van der Waals surface area contributed by atoms with Crippen molar-refractivity contribution in [3.8, 4) is 0 Å². The molecule has 0 aliphatic heterocycles. The van der Waals surface area contributed by atoms with E-state index in [1.807, 2.05) is 0 Å². The third-order valence-electron chi connectivity index (χ3n) is 5.76. The standard InChI is InChI=1S/C19H25NO/c1-3-15-18(14-10-6-7-11-16(14)21-15)19(20-2)17-12-8-4-5-9-13(12)17/h6-7,10-13,17,19-20H,3-5,8-9H2,1-2H3. The van der Waals surface area contributed by atoms with Gasteiger partial charge in [0.1, 0.15) is 11.3 Å². The molecule has 21 heavy (non-hydrogen) atoms. The van der Waals surface area contributed by atoms with Crippen molar-refractivity contribution < 1.29 is 4.42 Å². The third-order valence-corrected chi connectivity index (χ3v) is 5.76. The van der Waals surface area contributed by atoms with Gasteiger partial charge in [-0.1, -0.05) is 38.0 Å². The van der Waals surface area contributed by atoms with E-state index in [2.05, 4.69) is 43.6 Å². The van der Waals surface area contributed by atoms with Crippen molar-refractivity contribution in [1.82, 2.24) is 5.32 Å². The third kappa shape index (κ3) is 2.03. The van der Waals surface area contributed by atoms with Crippen LogP contribution in [0.15, 0.2) is 28.7 Å². The van der Waals surface area contributed by atoms with Crippen LogP contribution in [0, 0.1) is 17.8 Å². The van der Waals surface area contributed by atoms with Crippen molar-refractivity contribution in [3.63, 3.8) is 0 Å². The van der Waals surface area contributed by atoms with Gasteiger partial charge >= 0.3 is 0 Å². The normalized spacial score (nSPS) is 29.3. The summed E-state index contributed by atoms with van der Waals surface area (Å²) in [6.07, 6.45) is 6.71. The smallest absolute Gasteiger partial charge is 0.134 e. The number of rotatable bonds is 4. The molecule has 0 saturated heterocycles. The summed E-state index contributed by atoms with van der Waals surface area (Å²) in [5.74, 6) is 3.91. The molecule has 2 saturated carbocycles. The molecule has 1 heterocycles. The first-order valence-electron chi connectivity index (χ1n) is 8.52. The fourth-order valence-corrected chi connectivity index (χ4v) is 4.79. The summed E-state index contributed by atoms with van der Waals surface area (Å²) in [5.41, 5.74) is 2.49. The zero-order valence-electron chi connectivity index (χ0n) is 13.1. The molecule has 0 amide bonds. The summed E-state index contributed by atoms with van der Waals surface area (Å²) in [6, 6.07) is 9.00. The van der Waals surface area contributed by atoms with Gasteiger partial charge < -0.3 is 9.73 Å². The second-order valence-electron chi connectivity index (χ2n) is 6.74. The van der Waals surface area contributed by atoms with Crippen molar-refractivity contribution in [2.45, 2.75) is 45.1 Å². The van der Waals surface area contributed by atoms with Crippen LogP contribution < -0.4 is 5.32 Å². The van der Waals surface area contributed by atoms with Crippen LogP contribution in [0.25, 0.3) is 11.0 Å². The number of nitrogens with one attached hydrogen (secondary N) is 1. The minimum absolute atomic E-state index is 0.469. The van der Waals surface area contributed by atoms with Crippen molar-refractivity contribution in [2.24, 2.45) is 17.8 Å². The molecule has 0 bridgehead atoms. The van der Waals surface area contributed by atoms with Crippen LogP contribution >= 0.6 is 0 Å². The number of fused-ring (bicyclic) bond motifs is 2. The molecule has 2 fully saturated rings. The molecule has 1 N–H and O–H groups in total. The van der Waals surface area contributed by atoms with Crippen LogP contribution in [0.2, 0.25) is 0 Å². The highest BCUT2D eigenvalue weighted by Gasteiger charge is 2.54. The molecular weight excluding hydrogens is 258 g/mol. The first-order valence-corrected chi connectivity index (χ1v) is 8.52. The van der Waals surface area contributed by atoms with E-state index in [-0.39, 0.29) is 0 Å². The molecule has 2 heteroatoms. The van der Waals surface area contributed by atoms with E-state index >= 15 is 0 Å². The fraction of sp³-hybridized carbons (Fsp3) is 0.579. The number of para-hydroxylation sites is 1. The Morgan fingerprint density at radius 2 is 1.90 bits per heavy atom. The van der Waals surface area contributed by atoms with Crippen molar-refractivity contribution in [2.75, 3.05) is 7.05 Å². The maximum Gasteiger partial charge on any atom is 0.134 e. The van der Waals surface area contributed by atoms with Crippen LogP contribution in [0.5, 0.6) is 0 Å². The lowest BCUT2D eigenvalue weighted by molar-refractivity contribution is 0.463. The Morgan fingerprint density at radius 1 is 1.19 bits per heavy atom. The van der Waals surface area contributed by atoms with Gasteiger partial charge in [0.25, 0.3) is 0 Å². The first-order chi connectivity index (χ1) is 10.3. The fourth-order valence-electron chi connectivity index (χ4n) is 4.79. The van der Waals surface area contributed by atoms with Gasteiger partial charge in [0.2, 0.25) is 0 Å². The average molecular weight is 283 g/mol. The van der Waals surface area contributed by atoms with Crippen molar-refractivity contribution in [1.29, 1.82) is 0 Å². The summed E-state index contributed by atoms with van der Waals surface area (Å²) in [6.45, 7) is 2.20. The molecule has 4 rings (SSSR count). The van der Waals surface area contributed by atoms with E-state index in [9.17, 15) is 0 Å². The molecular formula is C19H25NO. The molecule has 0 spiro atoms. The van der Waals surface area contributed by atoms with E-state index in [0.717, 1.165) is 29.8 Å². The molecule has 3 atom stereocenters. The lowest BCUT2D eigenvalue weighted by atomic mass is 9.96. The Bertz CT molecular complexity index is 632. The topological polar surface area (TPSA) is 25.2 Å². The van der Waals surface area contributed by atoms with Gasteiger partial charge in [0.05, 0.1) is 0 Å². The van der Waals surface area contributed by atoms with Crippen LogP contribution in [0.4, 0.5) is 0 Å². The van der Waals surface area contributed by atoms with E-state index in [4.69, 9.17) is 4.42 Å². The Morgan fingerprint density at radius 3 is 2.57 bits per heavy atom. The number of aryl methyl sites for hydroxylation is 1. The molecule has 112 valence electrons. The van der Waals surface area contributed by atoms with Crippen LogP contribution in [-0.2, 0) is 6.42 Å². The van der Waals surface area contributed by atoms with E-state index in [1.165, 1.54) is 42.4 Å². The average Bonchev–Trinajstić information content (AvgIpc) is 3.13. The quantitative estimate of drug-likeness (QED) is 0.880. The zero-order valence-corrected chi connectivity index (χ0v) is 13.1. The summed E-state index contributed by atoms with van der Waals surface area (Å²) in [7, 11) is 2.12. The van der Waals surface area contributed by atoms with Crippen molar-refractivity contribution in [3.05, 3.63) is 35.6 Å². The summed E-state index contributed by atoms with van der Waals surface area (Å²) in [4.78, 5) is 0. The highest BCUT2D eigenvalue weighted by molar-refractivity contribution is 5.83. The minimum Gasteiger partial charge on any atom is -0.461 e. The molecule has 2 aliphatic rings. The second kappa shape index (κ2) is 5.17. The van der Waals surface area contributed by atoms with Gasteiger partial charge in [0.15, 0.2) is 0 Å². The first kappa shape index (κ1) is 13.4. The monoisotopic (exact) mass is 283 g/mol. The van der Waals surface area contributed by atoms with Crippen LogP contribution in [0.3, 0.4) is 0 Å². The van der Waals surface area contributed by atoms with Gasteiger partial charge in [-0.3, -0.25) is 0 Å². The Hall–Kier alpha value is -1.28. The lowest BCUT2D eigenvalue weighted by Crippen LogP contribution is -2.20. The highest BCUT2D eigenvalue weighted by Crippen LogP contribution is 2.61. The molecule has 2 nitrogen and oxygen atoms in total. The Kier molecular flexibility index (Phi) is 3.30. The van der Waals surface area contributed by atoms with E-state index in [1.54, 1.807) is 0 Å². The predicted octanol–water partition coefficient (Wildman–Crippen LogP) is 4.69. The Balaban J connectivity index is 1.76. The van der Waals surface area contributed by atoms with E-state index in [0.29, 0.717) is 6.04 Å². The van der Waals surface area contributed by atoms with Gasteiger partial charge in [-0.15, -0.1) is 0 Å². The van der Waals surface area contributed by atoms with Gasteiger partial charge in [-0.2, -0.15) is 0 Å². The molecule has 0 radical (unpaired) electrons. The molecule has 1 aromatic heterocycles. The molecule has 1 aromatic carbocycles. The minimum atomic E-state index is 0.469. The largest absolute Gasteiger partial charge is 0.461 e.